The van der Waals surface area contributed by atoms with E-state index in [1.165, 1.54) is 0 Å². The molecule has 0 aliphatic carbocycles. The number of benzene rings is 2. The molecule has 0 saturated heterocycles. The lowest BCUT2D eigenvalue weighted by Gasteiger charge is -2.10. The van der Waals surface area contributed by atoms with Crippen molar-refractivity contribution < 1.29 is 10.2 Å². The van der Waals surface area contributed by atoms with Crippen molar-refractivity contribution in [3.05, 3.63) is 72.8 Å². The standard InChI is InChI=1S/C18H18O2/c1-3-5-13-8-10-17(19)16(11-13)15-9-7-14(6-4-2)12-18(15)20/h3-4,7-12,19-20H,1-2,5-6H2. The highest BCUT2D eigenvalue weighted by atomic mass is 16.3. The Morgan fingerprint density at radius 3 is 1.95 bits per heavy atom. The monoisotopic (exact) mass is 266 g/mol. The van der Waals surface area contributed by atoms with Crippen LogP contribution >= 0.6 is 0 Å². The van der Waals surface area contributed by atoms with Gasteiger partial charge in [0, 0.05) is 11.1 Å². The van der Waals surface area contributed by atoms with Crippen LogP contribution in [0.5, 0.6) is 11.5 Å². The van der Waals surface area contributed by atoms with E-state index in [1.54, 1.807) is 18.2 Å². The Kier molecular flexibility index (Phi) is 4.26. The molecule has 2 rings (SSSR count). The number of rotatable bonds is 5. The van der Waals surface area contributed by atoms with Crippen molar-refractivity contribution in [2.75, 3.05) is 0 Å². The van der Waals surface area contributed by atoms with E-state index in [1.807, 2.05) is 30.3 Å². The predicted molar refractivity (Wildman–Crippen MR) is 83.0 cm³/mol. The minimum Gasteiger partial charge on any atom is -0.507 e. The van der Waals surface area contributed by atoms with Crippen molar-refractivity contribution in [1.29, 1.82) is 0 Å². The second kappa shape index (κ2) is 6.11. The van der Waals surface area contributed by atoms with Gasteiger partial charge in [-0.15, -0.1) is 13.2 Å². The molecule has 0 spiro atoms. The molecule has 0 fully saturated rings. The Morgan fingerprint density at radius 1 is 0.750 bits per heavy atom. The van der Waals surface area contributed by atoms with Gasteiger partial charge >= 0.3 is 0 Å². The molecule has 2 N–H and O–H groups in total. The second-order valence-corrected chi connectivity index (χ2v) is 4.69. The average Bonchev–Trinajstić information content (AvgIpc) is 2.42. The Morgan fingerprint density at radius 2 is 1.35 bits per heavy atom. The van der Waals surface area contributed by atoms with E-state index in [0.717, 1.165) is 17.5 Å². The largest absolute Gasteiger partial charge is 0.507 e. The van der Waals surface area contributed by atoms with Gasteiger partial charge in [-0.2, -0.15) is 0 Å². The van der Waals surface area contributed by atoms with Gasteiger partial charge in [0.2, 0.25) is 0 Å². The van der Waals surface area contributed by atoms with Crippen molar-refractivity contribution in [2.24, 2.45) is 0 Å². The highest BCUT2D eigenvalue weighted by Crippen LogP contribution is 2.36. The van der Waals surface area contributed by atoms with Crippen LogP contribution in [0.3, 0.4) is 0 Å². The van der Waals surface area contributed by atoms with E-state index >= 15 is 0 Å². The third-order valence-electron chi connectivity index (χ3n) is 3.17. The molecule has 102 valence electrons. The fraction of sp³-hybridized carbons (Fsp3) is 0.111. The van der Waals surface area contributed by atoms with Crippen LogP contribution in [0.4, 0.5) is 0 Å². The van der Waals surface area contributed by atoms with Crippen LogP contribution < -0.4 is 0 Å². The van der Waals surface area contributed by atoms with Crippen molar-refractivity contribution in [1.82, 2.24) is 0 Å². The summed E-state index contributed by atoms with van der Waals surface area (Å²) in [5, 5.41) is 20.2. The van der Waals surface area contributed by atoms with Crippen molar-refractivity contribution in [2.45, 2.75) is 12.8 Å². The molecule has 0 aliphatic rings. The average molecular weight is 266 g/mol. The molecule has 0 aromatic heterocycles. The van der Waals surface area contributed by atoms with Gasteiger partial charge in [-0.25, -0.2) is 0 Å². The van der Waals surface area contributed by atoms with Gasteiger partial charge in [-0.1, -0.05) is 30.4 Å². The molecule has 0 bridgehead atoms. The summed E-state index contributed by atoms with van der Waals surface area (Å²) in [6.45, 7) is 7.39. The summed E-state index contributed by atoms with van der Waals surface area (Å²) in [5.74, 6) is 0.319. The number of hydrogen-bond acceptors (Lipinski definition) is 2. The number of phenolic OH excluding ortho intramolecular Hbond substituents is 2. The first kappa shape index (κ1) is 13.9. The third kappa shape index (κ3) is 2.91. The summed E-state index contributed by atoms with van der Waals surface area (Å²) >= 11 is 0. The van der Waals surface area contributed by atoms with Gasteiger partial charge in [0.05, 0.1) is 0 Å². The lowest BCUT2D eigenvalue weighted by atomic mass is 9.98. The van der Waals surface area contributed by atoms with Gasteiger partial charge in [0.1, 0.15) is 11.5 Å². The number of aromatic hydroxyl groups is 2. The highest BCUT2D eigenvalue weighted by molar-refractivity contribution is 5.76. The van der Waals surface area contributed by atoms with E-state index in [2.05, 4.69) is 13.2 Å². The molecule has 2 nitrogen and oxygen atoms in total. The number of phenols is 2. The van der Waals surface area contributed by atoms with Crippen LogP contribution in [0.25, 0.3) is 11.1 Å². The SMILES string of the molecule is C=CCc1ccc(-c2cc(CC=C)ccc2O)c(O)c1. The summed E-state index contributed by atoms with van der Waals surface area (Å²) in [6, 6.07) is 10.8. The Labute approximate surface area is 119 Å². The Bertz CT molecular complexity index is 642. The van der Waals surface area contributed by atoms with Crippen LogP contribution in [-0.2, 0) is 12.8 Å². The predicted octanol–water partition coefficient (Wildman–Crippen LogP) is 4.22. The number of allylic oxidation sites excluding steroid dienone is 2. The smallest absolute Gasteiger partial charge is 0.123 e. The van der Waals surface area contributed by atoms with E-state index in [9.17, 15) is 10.2 Å². The highest BCUT2D eigenvalue weighted by Gasteiger charge is 2.10. The molecule has 0 aliphatic heterocycles. The summed E-state index contributed by atoms with van der Waals surface area (Å²) < 4.78 is 0. The van der Waals surface area contributed by atoms with E-state index < -0.39 is 0 Å². The second-order valence-electron chi connectivity index (χ2n) is 4.69. The molecule has 0 atom stereocenters. The summed E-state index contributed by atoms with van der Waals surface area (Å²) in [6.07, 6.45) is 5.03. The van der Waals surface area contributed by atoms with Gasteiger partial charge in [-0.05, 0) is 42.2 Å². The van der Waals surface area contributed by atoms with Crippen molar-refractivity contribution in [3.63, 3.8) is 0 Å². The van der Waals surface area contributed by atoms with Gasteiger partial charge in [0.25, 0.3) is 0 Å². The van der Waals surface area contributed by atoms with Gasteiger partial charge in [0.15, 0.2) is 0 Å². The lowest BCUT2D eigenvalue weighted by Crippen LogP contribution is -1.87. The number of hydrogen-bond donors (Lipinski definition) is 2. The van der Waals surface area contributed by atoms with Crippen LogP contribution in [-0.4, -0.2) is 10.2 Å². The zero-order valence-corrected chi connectivity index (χ0v) is 11.3. The fourth-order valence-corrected chi connectivity index (χ4v) is 2.19. The maximum Gasteiger partial charge on any atom is 0.123 e. The third-order valence-corrected chi connectivity index (χ3v) is 3.17. The molecular weight excluding hydrogens is 248 g/mol. The van der Waals surface area contributed by atoms with Crippen LogP contribution in [0.1, 0.15) is 11.1 Å². The van der Waals surface area contributed by atoms with Crippen LogP contribution in [0.2, 0.25) is 0 Å². The normalized spacial score (nSPS) is 10.2. The summed E-state index contributed by atoms with van der Waals surface area (Å²) in [7, 11) is 0. The maximum absolute atomic E-state index is 10.2. The topological polar surface area (TPSA) is 40.5 Å². The van der Waals surface area contributed by atoms with Gasteiger partial charge in [-0.3, -0.25) is 0 Å². The summed E-state index contributed by atoms with van der Waals surface area (Å²) in [4.78, 5) is 0. The minimum absolute atomic E-state index is 0.157. The molecule has 0 amide bonds. The summed E-state index contributed by atoms with van der Waals surface area (Å²) in [5.41, 5.74) is 3.29. The molecule has 20 heavy (non-hydrogen) atoms. The molecule has 2 heteroatoms. The first-order valence-electron chi connectivity index (χ1n) is 6.51. The molecule has 0 radical (unpaired) electrons. The zero-order valence-electron chi connectivity index (χ0n) is 11.3. The van der Waals surface area contributed by atoms with Crippen molar-refractivity contribution >= 4 is 0 Å². The lowest BCUT2D eigenvalue weighted by molar-refractivity contribution is 0.468. The maximum atomic E-state index is 10.2. The van der Waals surface area contributed by atoms with Gasteiger partial charge < -0.3 is 10.2 Å². The Balaban J connectivity index is 2.47. The van der Waals surface area contributed by atoms with Crippen LogP contribution in [0.15, 0.2) is 61.7 Å². The molecule has 2 aromatic carbocycles. The van der Waals surface area contributed by atoms with E-state index in [-0.39, 0.29) is 11.5 Å². The first-order chi connectivity index (χ1) is 9.65. The van der Waals surface area contributed by atoms with E-state index in [0.29, 0.717) is 17.5 Å². The molecule has 2 aromatic rings. The molecule has 0 heterocycles. The minimum atomic E-state index is 0.157. The molecular formula is C18H18O2. The fourth-order valence-electron chi connectivity index (χ4n) is 2.19. The van der Waals surface area contributed by atoms with Crippen molar-refractivity contribution in [3.8, 4) is 22.6 Å². The quantitative estimate of drug-likeness (QED) is 0.795. The molecule has 0 unspecified atom stereocenters. The first-order valence-corrected chi connectivity index (χ1v) is 6.51. The van der Waals surface area contributed by atoms with Crippen LogP contribution in [0, 0.1) is 0 Å². The molecule has 0 saturated carbocycles. The Hall–Kier alpha value is -2.48. The van der Waals surface area contributed by atoms with E-state index in [4.69, 9.17) is 0 Å². The zero-order chi connectivity index (χ0) is 14.5.